The van der Waals surface area contributed by atoms with E-state index in [1.165, 1.54) is 0 Å². The lowest BCUT2D eigenvalue weighted by atomic mass is 9.64. The predicted molar refractivity (Wildman–Crippen MR) is 63.1 cm³/mol. The molecule has 1 aliphatic carbocycles. The van der Waals surface area contributed by atoms with Gasteiger partial charge in [-0.3, -0.25) is 4.79 Å². The van der Waals surface area contributed by atoms with E-state index < -0.39 is 11.4 Å². The van der Waals surface area contributed by atoms with Crippen LogP contribution < -0.4 is 0 Å². The van der Waals surface area contributed by atoms with Crippen molar-refractivity contribution in [2.75, 3.05) is 6.26 Å². The van der Waals surface area contributed by atoms with E-state index in [0.29, 0.717) is 18.4 Å². The molecule has 1 aromatic carbocycles. The number of hydrogen-bond acceptors (Lipinski definition) is 3. The van der Waals surface area contributed by atoms with Crippen LogP contribution in [0.15, 0.2) is 23.1 Å². The summed E-state index contributed by atoms with van der Waals surface area (Å²) in [7, 11) is 0. The normalized spacial score (nSPS) is 17.8. The number of aromatic hydroxyl groups is 1. The van der Waals surface area contributed by atoms with Crippen LogP contribution in [0.2, 0.25) is 0 Å². The van der Waals surface area contributed by atoms with Gasteiger partial charge in [0, 0.05) is 10.5 Å². The highest BCUT2D eigenvalue weighted by Crippen LogP contribution is 2.47. The van der Waals surface area contributed by atoms with E-state index in [-0.39, 0.29) is 5.75 Å². The highest BCUT2D eigenvalue weighted by atomic mass is 32.2. The minimum atomic E-state index is -0.851. The third-order valence-corrected chi connectivity index (χ3v) is 4.06. The monoisotopic (exact) mass is 238 g/mol. The average Bonchev–Trinajstić information content (AvgIpc) is 2.18. The zero-order valence-electron chi connectivity index (χ0n) is 9.06. The maximum atomic E-state index is 11.3. The van der Waals surface area contributed by atoms with Crippen LogP contribution in [-0.4, -0.2) is 22.4 Å². The molecule has 2 N–H and O–H groups in total. The van der Waals surface area contributed by atoms with Crippen LogP contribution in [0.4, 0.5) is 0 Å². The number of phenols is 1. The number of rotatable bonds is 3. The van der Waals surface area contributed by atoms with Gasteiger partial charge in [0.2, 0.25) is 0 Å². The fraction of sp³-hybridized carbons (Fsp3) is 0.417. The van der Waals surface area contributed by atoms with Crippen LogP contribution in [-0.2, 0) is 10.2 Å². The Balaban J connectivity index is 2.49. The Morgan fingerprint density at radius 3 is 2.56 bits per heavy atom. The van der Waals surface area contributed by atoms with Crippen molar-refractivity contribution in [1.82, 2.24) is 0 Å². The number of benzene rings is 1. The first-order valence-corrected chi connectivity index (χ1v) is 6.43. The third-order valence-electron chi connectivity index (χ3n) is 3.34. The summed E-state index contributed by atoms with van der Waals surface area (Å²) < 4.78 is 0. The number of carboxylic acid groups (broad SMARTS) is 1. The van der Waals surface area contributed by atoms with E-state index in [9.17, 15) is 15.0 Å². The Morgan fingerprint density at radius 2 is 2.12 bits per heavy atom. The Hall–Kier alpha value is -1.16. The van der Waals surface area contributed by atoms with Crippen molar-refractivity contribution in [3.8, 4) is 5.75 Å². The summed E-state index contributed by atoms with van der Waals surface area (Å²) in [5, 5.41) is 19.1. The van der Waals surface area contributed by atoms with Crippen molar-refractivity contribution < 1.29 is 15.0 Å². The van der Waals surface area contributed by atoms with E-state index >= 15 is 0 Å². The highest BCUT2D eigenvalue weighted by Gasteiger charge is 2.47. The summed E-state index contributed by atoms with van der Waals surface area (Å²) in [6.45, 7) is 0. The molecule has 0 aliphatic heterocycles. The van der Waals surface area contributed by atoms with Gasteiger partial charge in [-0.2, -0.15) is 0 Å². The minimum Gasteiger partial charge on any atom is -0.508 e. The third kappa shape index (κ3) is 1.57. The molecule has 0 aromatic heterocycles. The van der Waals surface area contributed by atoms with E-state index in [4.69, 9.17) is 0 Å². The lowest BCUT2D eigenvalue weighted by Gasteiger charge is -2.38. The van der Waals surface area contributed by atoms with Gasteiger partial charge in [0.05, 0.1) is 5.41 Å². The average molecular weight is 238 g/mol. The van der Waals surface area contributed by atoms with Crippen molar-refractivity contribution in [3.05, 3.63) is 23.8 Å². The van der Waals surface area contributed by atoms with Gasteiger partial charge in [0.1, 0.15) is 5.75 Å². The van der Waals surface area contributed by atoms with Crippen LogP contribution >= 0.6 is 11.8 Å². The van der Waals surface area contributed by atoms with Gasteiger partial charge in [-0.25, -0.2) is 0 Å². The smallest absolute Gasteiger partial charge is 0.314 e. The first-order chi connectivity index (χ1) is 7.60. The largest absolute Gasteiger partial charge is 0.508 e. The van der Waals surface area contributed by atoms with E-state index in [0.717, 1.165) is 11.3 Å². The molecule has 2 rings (SSSR count). The quantitative estimate of drug-likeness (QED) is 0.795. The first kappa shape index (κ1) is 11.3. The molecule has 86 valence electrons. The number of carboxylic acids is 1. The number of phenolic OH excluding ortho intramolecular Hbond substituents is 1. The van der Waals surface area contributed by atoms with Crippen molar-refractivity contribution >= 4 is 17.7 Å². The molecule has 0 radical (unpaired) electrons. The van der Waals surface area contributed by atoms with Crippen molar-refractivity contribution in [3.63, 3.8) is 0 Å². The van der Waals surface area contributed by atoms with Crippen LogP contribution in [0.3, 0.4) is 0 Å². The topological polar surface area (TPSA) is 57.5 Å². The van der Waals surface area contributed by atoms with E-state index in [2.05, 4.69) is 0 Å². The molecule has 0 saturated heterocycles. The second-order valence-corrected chi connectivity index (χ2v) is 5.00. The fourth-order valence-electron chi connectivity index (χ4n) is 2.15. The van der Waals surface area contributed by atoms with Crippen LogP contribution in [0.1, 0.15) is 24.8 Å². The maximum Gasteiger partial charge on any atom is 0.314 e. The Labute approximate surface area is 98.5 Å². The molecule has 1 aliphatic rings. The summed E-state index contributed by atoms with van der Waals surface area (Å²) in [5.74, 6) is -0.729. The number of aliphatic carboxylic acids is 1. The highest BCUT2D eigenvalue weighted by molar-refractivity contribution is 7.98. The van der Waals surface area contributed by atoms with Gasteiger partial charge in [-0.15, -0.1) is 11.8 Å². The van der Waals surface area contributed by atoms with Gasteiger partial charge < -0.3 is 10.2 Å². The van der Waals surface area contributed by atoms with Crippen LogP contribution in [0.25, 0.3) is 0 Å². The molecule has 0 heterocycles. The van der Waals surface area contributed by atoms with Crippen molar-refractivity contribution in [1.29, 1.82) is 0 Å². The Kier molecular flexibility index (Phi) is 2.84. The molecule has 3 nitrogen and oxygen atoms in total. The Bertz CT molecular complexity index is 424. The summed E-state index contributed by atoms with van der Waals surface area (Å²) >= 11 is 1.55. The standard InChI is InChI=1S/C12H14O3S/c1-16-8-3-4-10(13)9(7-8)12(11(14)15)5-2-6-12/h3-4,7,13H,2,5-6H2,1H3,(H,14,15). The zero-order chi connectivity index (χ0) is 11.8. The molecule has 16 heavy (non-hydrogen) atoms. The van der Waals surface area contributed by atoms with Gasteiger partial charge in [0.15, 0.2) is 0 Å². The van der Waals surface area contributed by atoms with Crippen LogP contribution in [0.5, 0.6) is 5.75 Å². The molecule has 0 unspecified atom stereocenters. The summed E-state index contributed by atoms with van der Waals surface area (Å²) in [6.07, 6.45) is 4.08. The van der Waals surface area contributed by atoms with Gasteiger partial charge >= 0.3 is 5.97 Å². The molecule has 0 spiro atoms. The van der Waals surface area contributed by atoms with Gasteiger partial charge in [0.25, 0.3) is 0 Å². The van der Waals surface area contributed by atoms with Gasteiger partial charge in [-0.05, 0) is 37.3 Å². The zero-order valence-corrected chi connectivity index (χ0v) is 9.88. The lowest BCUT2D eigenvalue weighted by Crippen LogP contribution is -2.42. The molecule has 0 atom stereocenters. The molecule has 0 bridgehead atoms. The minimum absolute atomic E-state index is 0.0971. The summed E-state index contributed by atoms with van der Waals surface area (Å²) in [5.41, 5.74) is -0.284. The molecular weight excluding hydrogens is 224 g/mol. The first-order valence-electron chi connectivity index (χ1n) is 5.21. The summed E-state index contributed by atoms with van der Waals surface area (Å²) in [4.78, 5) is 12.3. The molecule has 1 fully saturated rings. The fourth-order valence-corrected chi connectivity index (χ4v) is 2.59. The van der Waals surface area contributed by atoms with Crippen molar-refractivity contribution in [2.45, 2.75) is 29.6 Å². The summed E-state index contributed by atoms with van der Waals surface area (Å²) in [6, 6.07) is 5.19. The van der Waals surface area contributed by atoms with Crippen molar-refractivity contribution in [2.24, 2.45) is 0 Å². The maximum absolute atomic E-state index is 11.3. The van der Waals surface area contributed by atoms with Crippen LogP contribution in [0, 0.1) is 0 Å². The number of carbonyl (C=O) groups is 1. The van der Waals surface area contributed by atoms with E-state index in [1.54, 1.807) is 30.0 Å². The molecule has 4 heteroatoms. The molecular formula is C12H14O3S. The molecule has 1 saturated carbocycles. The molecule has 0 amide bonds. The lowest BCUT2D eigenvalue weighted by molar-refractivity contribution is -0.147. The second-order valence-electron chi connectivity index (χ2n) is 4.12. The molecule has 1 aromatic rings. The predicted octanol–water partition coefficient (Wildman–Crippen LogP) is 2.62. The van der Waals surface area contributed by atoms with E-state index in [1.807, 2.05) is 6.26 Å². The second kappa shape index (κ2) is 4.01. The van der Waals surface area contributed by atoms with Gasteiger partial charge in [-0.1, -0.05) is 6.42 Å². The number of thioether (sulfide) groups is 1. The SMILES string of the molecule is CSc1ccc(O)c(C2(C(=O)O)CCC2)c1. The Morgan fingerprint density at radius 1 is 1.44 bits per heavy atom. The number of hydrogen-bond donors (Lipinski definition) is 2.